The van der Waals surface area contributed by atoms with Crippen LogP contribution in [0.25, 0.3) is 0 Å². The highest BCUT2D eigenvalue weighted by molar-refractivity contribution is 5.67. The highest BCUT2D eigenvalue weighted by Gasteiger charge is 2.35. The molecule has 0 spiro atoms. The molecule has 1 aliphatic carbocycles. The maximum atomic E-state index is 10.3. The van der Waals surface area contributed by atoms with E-state index in [1.165, 1.54) is 12.8 Å². The molecule has 0 aromatic rings. The Morgan fingerprint density at radius 3 is 2.83 bits per heavy atom. The summed E-state index contributed by atoms with van der Waals surface area (Å²) in [6, 6.07) is 0.702. The minimum atomic E-state index is -0.719. The molecule has 0 aromatic carbocycles. The van der Waals surface area contributed by atoms with Crippen LogP contribution in [0.2, 0.25) is 0 Å². The van der Waals surface area contributed by atoms with E-state index in [-0.39, 0.29) is 12.5 Å². The molecule has 1 fully saturated rings. The SMILES string of the molecule is CCC1CC1NC(C)CC(=O)O. The van der Waals surface area contributed by atoms with Crippen LogP contribution in [0.5, 0.6) is 0 Å². The molecule has 3 atom stereocenters. The van der Waals surface area contributed by atoms with E-state index in [0.717, 1.165) is 5.92 Å². The van der Waals surface area contributed by atoms with Gasteiger partial charge in [-0.05, 0) is 19.3 Å². The predicted molar refractivity (Wildman–Crippen MR) is 47.0 cm³/mol. The van der Waals surface area contributed by atoms with Crippen LogP contribution in [0.3, 0.4) is 0 Å². The van der Waals surface area contributed by atoms with Crippen LogP contribution in [0.1, 0.15) is 33.1 Å². The summed E-state index contributed by atoms with van der Waals surface area (Å²) in [5.41, 5.74) is 0. The largest absolute Gasteiger partial charge is 0.481 e. The van der Waals surface area contributed by atoms with Crippen molar-refractivity contribution in [1.82, 2.24) is 5.32 Å². The predicted octanol–water partition coefficient (Wildman–Crippen LogP) is 1.24. The monoisotopic (exact) mass is 171 g/mol. The van der Waals surface area contributed by atoms with Crippen LogP contribution in [0, 0.1) is 5.92 Å². The fourth-order valence-corrected chi connectivity index (χ4v) is 1.59. The fourth-order valence-electron chi connectivity index (χ4n) is 1.59. The molecule has 70 valence electrons. The number of carbonyl (C=O) groups is 1. The van der Waals surface area contributed by atoms with Gasteiger partial charge in [-0.2, -0.15) is 0 Å². The number of carboxylic acid groups (broad SMARTS) is 1. The lowest BCUT2D eigenvalue weighted by Crippen LogP contribution is -2.31. The molecule has 0 saturated heterocycles. The van der Waals surface area contributed by atoms with Crippen molar-refractivity contribution in [2.24, 2.45) is 5.92 Å². The zero-order valence-corrected chi connectivity index (χ0v) is 7.71. The van der Waals surface area contributed by atoms with Crippen LogP contribution in [0.4, 0.5) is 0 Å². The first-order valence-corrected chi connectivity index (χ1v) is 4.61. The van der Waals surface area contributed by atoms with Crippen LogP contribution in [0.15, 0.2) is 0 Å². The quantitative estimate of drug-likeness (QED) is 0.654. The van der Waals surface area contributed by atoms with Gasteiger partial charge in [0, 0.05) is 12.1 Å². The smallest absolute Gasteiger partial charge is 0.304 e. The first kappa shape index (κ1) is 9.52. The average Bonchev–Trinajstić information content (AvgIpc) is 2.65. The average molecular weight is 171 g/mol. The summed E-state index contributed by atoms with van der Waals surface area (Å²) in [4.78, 5) is 10.3. The Kier molecular flexibility index (Phi) is 3.09. The van der Waals surface area contributed by atoms with Crippen molar-refractivity contribution in [3.8, 4) is 0 Å². The number of hydrogen-bond donors (Lipinski definition) is 2. The van der Waals surface area contributed by atoms with Gasteiger partial charge < -0.3 is 10.4 Å². The van der Waals surface area contributed by atoms with Gasteiger partial charge in [0.15, 0.2) is 0 Å². The third-order valence-corrected chi connectivity index (χ3v) is 2.43. The number of carboxylic acids is 1. The molecule has 1 saturated carbocycles. The van der Waals surface area contributed by atoms with E-state index in [1.807, 2.05) is 6.92 Å². The summed E-state index contributed by atoms with van der Waals surface area (Å²) in [5.74, 6) is 0.0740. The fraction of sp³-hybridized carbons (Fsp3) is 0.889. The highest BCUT2D eigenvalue weighted by atomic mass is 16.4. The number of hydrogen-bond acceptors (Lipinski definition) is 2. The van der Waals surface area contributed by atoms with Gasteiger partial charge in [-0.3, -0.25) is 4.79 Å². The summed E-state index contributed by atoms with van der Waals surface area (Å²) in [5, 5.41) is 11.8. The zero-order chi connectivity index (χ0) is 9.14. The van der Waals surface area contributed by atoms with Crippen molar-refractivity contribution in [3.05, 3.63) is 0 Å². The van der Waals surface area contributed by atoms with E-state index in [0.29, 0.717) is 6.04 Å². The molecular weight excluding hydrogens is 154 g/mol. The van der Waals surface area contributed by atoms with E-state index in [4.69, 9.17) is 5.11 Å². The van der Waals surface area contributed by atoms with Gasteiger partial charge in [-0.1, -0.05) is 13.3 Å². The van der Waals surface area contributed by atoms with Crippen molar-refractivity contribution >= 4 is 5.97 Å². The zero-order valence-electron chi connectivity index (χ0n) is 7.71. The third-order valence-electron chi connectivity index (χ3n) is 2.43. The molecule has 0 aliphatic heterocycles. The molecule has 1 rings (SSSR count). The summed E-state index contributed by atoms with van der Waals surface area (Å²) < 4.78 is 0. The lowest BCUT2D eigenvalue weighted by molar-refractivity contribution is -0.137. The minimum Gasteiger partial charge on any atom is -0.481 e. The second-order valence-electron chi connectivity index (χ2n) is 3.68. The first-order chi connectivity index (χ1) is 5.63. The summed E-state index contributed by atoms with van der Waals surface area (Å²) in [6.07, 6.45) is 2.66. The van der Waals surface area contributed by atoms with Crippen LogP contribution in [-0.2, 0) is 4.79 Å². The first-order valence-electron chi connectivity index (χ1n) is 4.61. The van der Waals surface area contributed by atoms with Crippen molar-refractivity contribution in [2.45, 2.75) is 45.2 Å². The number of aliphatic carboxylic acids is 1. The van der Waals surface area contributed by atoms with Crippen LogP contribution >= 0.6 is 0 Å². The van der Waals surface area contributed by atoms with E-state index in [2.05, 4.69) is 12.2 Å². The maximum Gasteiger partial charge on any atom is 0.304 e. The topological polar surface area (TPSA) is 49.3 Å². The molecule has 12 heavy (non-hydrogen) atoms. The van der Waals surface area contributed by atoms with E-state index >= 15 is 0 Å². The number of nitrogens with one attached hydrogen (secondary N) is 1. The van der Waals surface area contributed by atoms with Gasteiger partial charge in [-0.15, -0.1) is 0 Å². The Hall–Kier alpha value is -0.570. The Labute approximate surface area is 73.2 Å². The second-order valence-corrected chi connectivity index (χ2v) is 3.68. The Morgan fingerprint density at radius 2 is 2.42 bits per heavy atom. The van der Waals surface area contributed by atoms with E-state index in [9.17, 15) is 4.79 Å². The number of rotatable bonds is 5. The van der Waals surface area contributed by atoms with Gasteiger partial charge in [0.05, 0.1) is 6.42 Å². The van der Waals surface area contributed by atoms with E-state index in [1.54, 1.807) is 0 Å². The third kappa shape index (κ3) is 2.81. The lowest BCUT2D eigenvalue weighted by Gasteiger charge is -2.10. The highest BCUT2D eigenvalue weighted by Crippen LogP contribution is 2.33. The molecule has 2 N–H and O–H groups in total. The van der Waals surface area contributed by atoms with Gasteiger partial charge in [0.2, 0.25) is 0 Å². The van der Waals surface area contributed by atoms with Crippen molar-refractivity contribution in [3.63, 3.8) is 0 Å². The molecule has 3 nitrogen and oxygen atoms in total. The second kappa shape index (κ2) is 3.90. The van der Waals surface area contributed by atoms with Crippen molar-refractivity contribution < 1.29 is 9.90 Å². The van der Waals surface area contributed by atoms with Crippen molar-refractivity contribution in [2.75, 3.05) is 0 Å². The summed E-state index contributed by atoms with van der Waals surface area (Å²) in [7, 11) is 0. The van der Waals surface area contributed by atoms with Crippen molar-refractivity contribution in [1.29, 1.82) is 0 Å². The van der Waals surface area contributed by atoms with Gasteiger partial charge in [0.25, 0.3) is 0 Å². The van der Waals surface area contributed by atoms with Crippen LogP contribution < -0.4 is 5.32 Å². The van der Waals surface area contributed by atoms with Gasteiger partial charge >= 0.3 is 5.97 Å². The van der Waals surface area contributed by atoms with Gasteiger partial charge in [0.1, 0.15) is 0 Å². The van der Waals surface area contributed by atoms with Gasteiger partial charge in [-0.25, -0.2) is 0 Å². The summed E-state index contributed by atoms with van der Waals surface area (Å²) >= 11 is 0. The van der Waals surface area contributed by atoms with Crippen LogP contribution in [-0.4, -0.2) is 23.2 Å². The summed E-state index contributed by atoms with van der Waals surface area (Å²) in [6.45, 7) is 4.10. The molecule has 0 amide bonds. The normalized spacial score (nSPS) is 29.8. The molecule has 3 unspecified atom stereocenters. The molecule has 3 heteroatoms. The molecule has 0 radical (unpaired) electrons. The Balaban J connectivity index is 2.11. The maximum absolute atomic E-state index is 10.3. The lowest BCUT2D eigenvalue weighted by atomic mass is 10.2. The molecule has 0 heterocycles. The Bertz CT molecular complexity index is 170. The Morgan fingerprint density at radius 1 is 1.75 bits per heavy atom. The van der Waals surface area contributed by atoms with E-state index < -0.39 is 5.97 Å². The molecular formula is C9H17NO2. The molecule has 0 aromatic heterocycles. The molecule has 0 bridgehead atoms. The molecule has 1 aliphatic rings. The standard InChI is InChI=1S/C9H17NO2/c1-3-7-5-8(7)10-6(2)4-9(11)12/h6-8,10H,3-5H2,1-2H3,(H,11,12). The minimum absolute atomic E-state index is 0.115.